The first kappa shape index (κ1) is 14.9. The molecule has 122 valence electrons. The van der Waals surface area contributed by atoms with Crippen molar-refractivity contribution >= 4 is 28.3 Å². The third kappa shape index (κ3) is 2.92. The lowest BCUT2D eigenvalue weighted by atomic mass is 10.2. The van der Waals surface area contributed by atoms with Gasteiger partial charge in [0.05, 0.1) is 11.1 Å². The van der Waals surface area contributed by atoms with Crippen molar-refractivity contribution in [2.75, 3.05) is 11.1 Å². The molecule has 1 aromatic carbocycles. The third-order valence-electron chi connectivity index (χ3n) is 3.92. The van der Waals surface area contributed by atoms with Crippen molar-refractivity contribution in [1.82, 2.24) is 14.5 Å². The van der Waals surface area contributed by atoms with E-state index in [9.17, 15) is 4.79 Å². The lowest BCUT2D eigenvalue weighted by Crippen LogP contribution is -2.11. The zero-order valence-corrected chi connectivity index (χ0v) is 13.3. The van der Waals surface area contributed by atoms with Crippen LogP contribution in [-0.2, 0) is 0 Å². The number of hydrogen-bond donors (Lipinski definition) is 2. The minimum absolute atomic E-state index is 0.189. The number of fused-ring (bicyclic) bond motifs is 1. The van der Waals surface area contributed by atoms with Crippen LogP contribution in [0, 0.1) is 0 Å². The number of nitrogen functional groups attached to an aromatic ring is 1. The Morgan fingerprint density at radius 2 is 1.92 bits per heavy atom. The Labute approximate surface area is 144 Å². The van der Waals surface area contributed by atoms with Gasteiger partial charge in [-0.25, -0.2) is 4.98 Å². The first-order valence-electron chi connectivity index (χ1n) is 7.75. The molecule has 0 aliphatic rings. The Morgan fingerprint density at radius 3 is 2.68 bits per heavy atom. The van der Waals surface area contributed by atoms with Gasteiger partial charge >= 0.3 is 0 Å². The molecule has 3 aromatic heterocycles. The van der Waals surface area contributed by atoms with Crippen molar-refractivity contribution in [3.63, 3.8) is 0 Å². The van der Waals surface area contributed by atoms with Crippen LogP contribution in [0.25, 0.3) is 16.6 Å². The number of carbonyl (C=O) groups is 1. The second-order valence-electron chi connectivity index (χ2n) is 5.60. The quantitative estimate of drug-likeness (QED) is 0.604. The van der Waals surface area contributed by atoms with E-state index in [1.807, 2.05) is 47.2 Å². The average molecular weight is 329 g/mol. The third-order valence-corrected chi connectivity index (χ3v) is 3.92. The molecule has 3 N–H and O–H groups in total. The number of pyridine rings is 2. The Balaban J connectivity index is 1.59. The van der Waals surface area contributed by atoms with Crippen LogP contribution >= 0.6 is 0 Å². The highest BCUT2D eigenvalue weighted by molar-refractivity contribution is 6.04. The predicted molar refractivity (Wildman–Crippen MR) is 97.7 cm³/mol. The van der Waals surface area contributed by atoms with Gasteiger partial charge in [0.1, 0.15) is 5.82 Å². The lowest BCUT2D eigenvalue weighted by molar-refractivity contribution is 0.102. The Hall–Kier alpha value is -3.67. The van der Waals surface area contributed by atoms with Gasteiger partial charge in [-0.2, -0.15) is 0 Å². The molecule has 0 saturated heterocycles. The molecule has 0 bridgehead atoms. The summed E-state index contributed by atoms with van der Waals surface area (Å²) in [5, 5.41) is 3.88. The monoisotopic (exact) mass is 329 g/mol. The molecule has 1 amide bonds. The first-order chi connectivity index (χ1) is 12.2. The number of hydrogen-bond acceptors (Lipinski definition) is 4. The zero-order valence-electron chi connectivity index (χ0n) is 13.3. The molecule has 6 nitrogen and oxygen atoms in total. The maximum atomic E-state index is 12.2. The van der Waals surface area contributed by atoms with Gasteiger partial charge in [0.25, 0.3) is 5.91 Å². The van der Waals surface area contributed by atoms with E-state index >= 15 is 0 Å². The van der Waals surface area contributed by atoms with Crippen molar-refractivity contribution in [3.8, 4) is 5.69 Å². The molecule has 0 aliphatic carbocycles. The number of benzene rings is 1. The maximum Gasteiger partial charge on any atom is 0.257 e. The highest BCUT2D eigenvalue weighted by Crippen LogP contribution is 2.22. The number of amides is 1. The normalized spacial score (nSPS) is 10.7. The van der Waals surface area contributed by atoms with Crippen LogP contribution in [0.4, 0.5) is 11.5 Å². The number of nitrogens with two attached hydrogens (primary N) is 1. The second-order valence-corrected chi connectivity index (χ2v) is 5.60. The number of anilines is 2. The molecule has 0 spiro atoms. The van der Waals surface area contributed by atoms with Crippen LogP contribution in [0.3, 0.4) is 0 Å². The Bertz CT molecular complexity index is 1040. The number of aromatic nitrogens is 3. The maximum absolute atomic E-state index is 12.2. The molecule has 4 aromatic rings. The molecule has 4 rings (SSSR count). The van der Waals surface area contributed by atoms with Crippen LogP contribution < -0.4 is 11.1 Å². The largest absolute Gasteiger partial charge is 0.384 e. The number of rotatable bonds is 3. The lowest BCUT2D eigenvalue weighted by Gasteiger charge is -2.09. The minimum Gasteiger partial charge on any atom is -0.384 e. The van der Waals surface area contributed by atoms with E-state index in [0.717, 1.165) is 22.3 Å². The fourth-order valence-electron chi connectivity index (χ4n) is 2.67. The number of nitrogens with one attached hydrogen (secondary N) is 1. The summed E-state index contributed by atoms with van der Waals surface area (Å²) in [6.45, 7) is 0. The molecule has 0 saturated carbocycles. The van der Waals surface area contributed by atoms with E-state index in [0.29, 0.717) is 11.4 Å². The highest BCUT2D eigenvalue weighted by atomic mass is 16.1. The van der Waals surface area contributed by atoms with Crippen LogP contribution in [0.2, 0.25) is 0 Å². The topological polar surface area (TPSA) is 85.8 Å². The zero-order chi connectivity index (χ0) is 17.2. The summed E-state index contributed by atoms with van der Waals surface area (Å²) >= 11 is 0. The van der Waals surface area contributed by atoms with Crippen molar-refractivity contribution < 1.29 is 4.79 Å². The molecule has 0 atom stereocenters. The SMILES string of the molecule is Nc1cc2c(ccn2-c2ccc(NC(=O)c3cccnc3)cc2)cn1. The molecule has 0 unspecified atom stereocenters. The van der Waals surface area contributed by atoms with Gasteiger partial charge in [-0.15, -0.1) is 0 Å². The van der Waals surface area contributed by atoms with E-state index < -0.39 is 0 Å². The summed E-state index contributed by atoms with van der Waals surface area (Å²) in [5.74, 6) is 0.291. The molecule has 6 heteroatoms. The minimum atomic E-state index is -0.189. The summed E-state index contributed by atoms with van der Waals surface area (Å²) in [7, 11) is 0. The highest BCUT2D eigenvalue weighted by Gasteiger charge is 2.07. The van der Waals surface area contributed by atoms with E-state index in [1.165, 1.54) is 6.20 Å². The van der Waals surface area contributed by atoms with Crippen LogP contribution in [-0.4, -0.2) is 20.4 Å². The number of nitrogens with zero attached hydrogens (tertiary/aromatic N) is 3. The van der Waals surface area contributed by atoms with E-state index in [4.69, 9.17) is 5.73 Å². The van der Waals surface area contributed by atoms with E-state index in [2.05, 4.69) is 15.3 Å². The standard InChI is InChI=1S/C19H15N5O/c20-18-10-17-13(12-22-18)7-9-24(17)16-5-3-15(4-6-16)23-19(25)14-2-1-8-21-11-14/h1-12H,(H2,20,22)(H,23,25). The molecule has 25 heavy (non-hydrogen) atoms. The molecular formula is C19H15N5O. The van der Waals surface area contributed by atoms with E-state index in [1.54, 1.807) is 24.5 Å². The number of carbonyl (C=O) groups excluding carboxylic acids is 1. The summed E-state index contributed by atoms with van der Waals surface area (Å²) < 4.78 is 2.03. The Kier molecular flexibility index (Phi) is 3.63. The van der Waals surface area contributed by atoms with Crippen molar-refractivity contribution in [2.24, 2.45) is 0 Å². The molecular weight excluding hydrogens is 314 g/mol. The molecule has 0 aliphatic heterocycles. The molecule has 0 fully saturated rings. The molecule has 3 heterocycles. The van der Waals surface area contributed by atoms with Crippen molar-refractivity contribution in [3.05, 3.63) is 78.9 Å². The summed E-state index contributed by atoms with van der Waals surface area (Å²) in [6.07, 6.45) is 6.89. The predicted octanol–water partition coefficient (Wildman–Crippen LogP) is 3.26. The van der Waals surface area contributed by atoms with Gasteiger partial charge in [0.15, 0.2) is 0 Å². The van der Waals surface area contributed by atoms with Crippen LogP contribution in [0.15, 0.2) is 73.3 Å². The van der Waals surface area contributed by atoms with Gasteiger partial charge in [-0.05, 0) is 42.5 Å². The second kappa shape index (κ2) is 6.09. The van der Waals surface area contributed by atoms with Crippen molar-refractivity contribution in [2.45, 2.75) is 0 Å². The summed E-state index contributed by atoms with van der Waals surface area (Å²) in [6, 6.07) is 14.9. The van der Waals surface area contributed by atoms with Crippen LogP contribution in [0.5, 0.6) is 0 Å². The smallest absolute Gasteiger partial charge is 0.257 e. The summed E-state index contributed by atoms with van der Waals surface area (Å²) in [5.41, 5.74) is 8.98. The van der Waals surface area contributed by atoms with Gasteiger partial charge < -0.3 is 15.6 Å². The Morgan fingerprint density at radius 1 is 1.08 bits per heavy atom. The van der Waals surface area contributed by atoms with Gasteiger partial charge in [0, 0.05) is 47.6 Å². The fourth-order valence-corrected chi connectivity index (χ4v) is 2.67. The van der Waals surface area contributed by atoms with Gasteiger partial charge in [0.2, 0.25) is 0 Å². The summed E-state index contributed by atoms with van der Waals surface area (Å²) in [4.78, 5) is 20.2. The average Bonchev–Trinajstić information content (AvgIpc) is 3.06. The fraction of sp³-hybridized carbons (Fsp3) is 0. The van der Waals surface area contributed by atoms with Gasteiger partial charge in [-0.1, -0.05) is 0 Å². The van der Waals surface area contributed by atoms with E-state index in [-0.39, 0.29) is 5.91 Å². The van der Waals surface area contributed by atoms with Crippen molar-refractivity contribution in [1.29, 1.82) is 0 Å². The van der Waals surface area contributed by atoms with Gasteiger partial charge in [-0.3, -0.25) is 9.78 Å². The first-order valence-corrected chi connectivity index (χ1v) is 7.75. The van der Waals surface area contributed by atoms with Crippen LogP contribution in [0.1, 0.15) is 10.4 Å². The molecule has 0 radical (unpaired) electrons.